The number of piperazine rings is 1. The lowest BCUT2D eigenvalue weighted by atomic mass is 9.69. The molecule has 0 saturated carbocycles. The van der Waals surface area contributed by atoms with Crippen molar-refractivity contribution < 1.29 is 23.6 Å². The Morgan fingerprint density at radius 1 is 1.11 bits per heavy atom. The highest BCUT2D eigenvalue weighted by molar-refractivity contribution is 7.88. The van der Waals surface area contributed by atoms with Gasteiger partial charge in [0.15, 0.2) is 5.69 Å². The van der Waals surface area contributed by atoms with Gasteiger partial charge in [-0.15, -0.1) is 0 Å². The predicted molar refractivity (Wildman–Crippen MR) is 135 cm³/mol. The molecule has 6 rings (SSSR count). The van der Waals surface area contributed by atoms with E-state index in [2.05, 4.69) is 4.90 Å². The third-order valence-corrected chi connectivity index (χ3v) is 9.89. The van der Waals surface area contributed by atoms with Gasteiger partial charge in [0.05, 0.1) is 12.2 Å². The van der Waals surface area contributed by atoms with Crippen LogP contribution in [0, 0.1) is 17.0 Å². The van der Waals surface area contributed by atoms with Crippen molar-refractivity contribution >= 4 is 27.3 Å². The van der Waals surface area contributed by atoms with Gasteiger partial charge in [0.25, 0.3) is 5.56 Å². The summed E-state index contributed by atoms with van der Waals surface area (Å²) in [5, 5.41) is 20.3. The SMILES string of the molecule is CS(=O)(=O)N1CCN(C(=O)[C@@H]2Cc3cc([NH+]([O-])O)ccc3N3CC4CC(Cn5c4cccc5=O)[C@@H]23)CC1. The number of nitrogens with one attached hydrogen (secondary N) is 1. The lowest BCUT2D eigenvalue weighted by Crippen LogP contribution is -2.99. The van der Waals surface area contributed by atoms with Gasteiger partial charge in [0.2, 0.25) is 15.9 Å². The van der Waals surface area contributed by atoms with Gasteiger partial charge in [0, 0.05) is 80.8 Å². The minimum atomic E-state index is -3.32. The van der Waals surface area contributed by atoms with E-state index >= 15 is 0 Å². The van der Waals surface area contributed by atoms with Crippen molar-refractivity contribution in [3.05, 3.63) is 63.2 Å². The zero-order valence-corrected chi connectivity index (χ0v) is 21.4. The van der Waals surface area contributed by atoms with Crippen LogP contribution in [0.1, 0.15) is 23.6 Å². The van der Waals surface area contributed by atoms with E-state index < -0.39 is 21.2 Å². The van der Waals surface area contributed by atoms with Crippen LogP contribution >= 0.6 is 0 Å². The van der Waals surface area contributed by atoms with E-state index in [4.69, 9.17) is 0 Å². The van der Waals surface area contributed by atoms with Gasteiger partial charge < -0.3 is 19.6 Å². The number of aromatic nitrogens is 1. The van der Waals surface area contributed by atoms with Crippen molar-refractivity contribution in [3.8, 4) is 0 Å². The molecule has 2 saturated heterocycles. The topological polar surface area (TPSA) is 131 Å². The van der Waals surface area contributed by atoms with E-state index in [1.807, 2.05) is 16.7 Å². The number of carbonyl (C=O) groups is 1. The Kier molecular flexibility index (Phi) is 5.92. The number of piperidine rings is 1. The van der Waals surface area contributed by atoms with E-state index in [0.29, 0.717) is 32.6 Å². The molecule has 2 aromatic rings. The fraction of sp³-hybridized carbons (Fsp3) is 0.520. The molecular formula is C25H31N5O6S. The number of pyridine rings is 1. The number of hydrogen-bond acceptors (Lipinski definition) is 7. The van der Waals surface area contributed by atoms with Crippen LogP contribution in [0.15, 0.2) is 41.2 Å². The van der Waals surface area contributed by atoms with E-state index in [-0.39, 0.29) is 48.1 Å². The second kappa shape index (κ2) is 8.91. The molecule has 1 aromatic carbocycles. The van der Waals surface area contributed by atoms with Gasteiger partial charge >= 0.3 is 0 Å². The second-order valence-corrected chi connectivity index (χ2v) is 12.7. The first-order valence-electron chi connectivity index (χ1n) is 12.7. The number of benzene rings is 1. The molecular weight excluding hydrogens is 498 g/mol. The van der Waals surface area contributed by atoms with Gasteiger partial charge in [-0.3, -0.25) is 9.59 Å². The lowest BCUT2D eigenvalue weighted by molar-refractivity contribution is -0.991. The van der Waals surface area contributed by atoms with Gasteiger partial charge in [0.1, 0.15) is 0 Å². The maximum absolute atomic E-state index is 14.0. The first-order chi connectivity index (χ1) is 17.6. The fourth-order valence-electron chi connectivity index (χ4n) is 6.95. The highest BCUT2D eigenvalue weighted by atomic mass is 32.2. The van der Waals surface area contributed by atoms with Crippen molar-refractivity contribution in [1.82, 2.24) is 13.8 Å². The molecule has 4 aliphatic heterocycles. The Morgan fingerprint density at radius 3 is 2.57 bits per heavy atom. The number of carbonyl (C=O) groups excluding carboxylic acids is 1. The maximum Gasteiger partial charge on any atom is 0.250 e. The average Bonchev–Trinajstić information content (AvgIpc) is 2.87. The standard InChI is InChI=1S/C25H31N5O6S/c1-37(35,36)27-9-7-26(8-10-27)25(32)20-13-16-12-19(30(33)34)5-6-22(16)29-14-17-11-18(24(20)29)15-28-21(17)3-2-4-23(28)31/h2-6,12,17-18,20,24,30,33H,7-11,13-15H2,1H3/t17?,18?,20-,24+/m1/s1. The molecule has 1 amide bonds. The number of quaternary nitrogens is 1. The van der Waals surface area contributed by atoms with Gasteiger partial charge in [-0.1, -0.05) is 6.07 Å². The Balaban J connectivity index is 1.37. The summed E-state index contributed by atoms with van der Waals surface area (Å²) in [6.45, 7) is 2.37. The summed E-state index contributed by atoms with van der Waals surface area (Å²) in [5.41, 5.74) is 2.98. The molecule has 4 aliphatic rings. The zero-order valence-electron chi connectivity index (χ0n) is 20.6. The summed E-state index contributed by atoms with van der Waals surface area (Å²) in [4.78, 5) is 30.7. The molecule has 2 fully saturated rings. The number of amides is 1. The van der Waals surface area contributed by atoms with Crippen molar-refractivity contribution in [1.29, 1.82) is 0 Å². The Morgan fingerprint density at radius 2 is 1.86 bits per heavy atom. The second-order valence-electron chi connectivity index (χ2n) is 10.7. The van der Waals surface area contributed by atoms with Crippen molar-refractivity contribution in [2.45, 2.75) is 31.3 Å². The van der Waals surface area contributed by atoms with Gasteiger partial charge in [-0.25, -0.2) is 13.6 Å². The Bertz CT molecular complexity index is 1400. The zero-order chi connectivity index (χ0) is 26.1. The largest absolute Gasteiger partial charge is 0.595 e. The minimum absolute atomic E-state index is 0.0252. The summed E-state index contributed by atoms with van der Waals surface area (Å²) in [6.07, 6.45) is 2.49. The molecule has 11 nitrogen and oxygen atoms in total. The molecule has 0 spiro atoms. The van der Waals surface area contributed by atoms with Crippen LogP contribution in [0.3, 0.4) is 0 Å². The van der Waals surface area contributed by atoms with Crippen LogP contribution in [0.4, 0.5) is 11.4 Å². The number of rotatable bonds is 3. The fourth-order valence-corrected chi connectivity index (χ4v) is 7.77. The number of sulfonamides is 1. The molecule has 37 heavy (non-hydrogen) atoms. The van der Waals surface area contributed by atoms with Gasteiger partial charge in [-0.2, -0.15) is 9.53 Å². The quantitative estimate of drug-likeness (QED) is 0.514. The Hall–Kier alpha value is -2.77. The van der Waals surface area contributed by atoms with Crippen LogP contribution in [0.5, 0.6) is 0 Å². The average molecular weight is 530 g/mol. The van der Waals surface area contributed by atoms with Crippen molar-refractivity contribution in [2.75, 3.05) is 43.9 Å². The molecule has 0 aliphatic carbocycles. The minimum Gasteiger partial charge on any atom is -0.595 e. The van der Waals surface area contributed by atoms with Crippen molar-refractivity contribution in [2.24, 2.45) is 11.8 Å². The van der Waals surface area contributed by atoms with Crippen LogP contribution in [0.2, 0.25) is 0 Å². The molecule has 2 bridgehead atoms. The lowest BCUT2D eigenvalue weighted by Gasteiger charge is -2.55. The number of hydrogen-bond donors (Lipinski definition) is 2. The summed E-state index contributed by atoms with van der Waals surface area (Å²) >= 11 is 0. The summed E-state index contributed by atoms with van der Waals surface area (Å²) in [7, 11) is -3.32. The summed E-state index contributed by atoms with van der Waals surface area (Å²) in [6, 6.07) is 10.4. The third-order valence-electron chi connectivity index (χ3n) is 8.59. The Labute approximate surface area is 215 Å². The van der Waals surface area contributed by atoms with Crippen LogP contribution < -0.4 is 15.7 Å². The smallest absolute Gasteiger partial charge is 0.250 e. The van der Waals surface area contributed by atoms with Crippen LogP contribution in [-0.2, 0) is 27.8 Å². The van der Waals surface area contributed by atoms with Crippen LogP contribution in [0.25, 0.3) is 0 Å². The number of nitrogens with zero attached hydrogens (tertiary/aromatic N) is 4. The maximum atomic E-state index is 14.0. The summed E-state index contributed by atoms with van der Waals surface area (Å²) in [5.74, 6) is -0.208. The third kappa shape index (κ3) is 4.16. The summed E-state index contributed by atoms with van der Waals surface area (Å²) < 4.78 is 27.2. The molecule has 12 heteroatoms. The molecule has 0 radical (unpaired) electrons. The first-order valence-corrected chi connectivity index (χ1v) is 14.5. The molecule has 3 unspecified atom stereocenters. The van der Waals surface area contributed by atoms with E-state index in [9.17, 15) is 28.4 Å². The first kappa shape index (κ1) is 24.6. The predicted octanol–water partition coefficient (Wildman–Crippen LogP) is -0.480. The molecule has 1 aromatic heterocycles. The number of fused-ring (bicyclic) bond motifs is 8. The molecule has 5 heterocycles. The highest BCUT2D eigenvalue weighted by Gasteiger charge is 2.50. The highest BCUT2D eigenvalue weighted by Crippen LogP contribution is 2.47. The monoisotopic (exact) mass is 529 g/mol. The molecule has 198 valence electrons. The van der Waals surface area contributed by atoms with Crippen molar-refractivity contribution in [3.63, 3.8) is 0 Å². The van der Waals surface area contributed by atoms with E-state index in [0.717, 1.165) is 23.4 Å². The molecule has 2 N–H and O–H groups in total. The van der Waals surface area contributed by atoms with E-state index in [1.54, 1.807) is 29.2 Å². The number of anilines is 1. The normalized spacial score (nSPS) is 28.2. The molecule has 5 atom stereocenters. The van der Waals surface area contributed by atoms with Gasteiger partial charge in [-0.05, 0) is 36.5 Å². The van der Waals surface area contributed by atoms with Crippen LogP contribution in [-0.4, -0.2) is 78.3 Å². The van der Waals surface area contributed by atoms with E-state index in [1.165, 1.54) is 10.6 Å².